The van der Waals surface area contributed by atoms with Crippen molar-refractivity contribution in [2.75, 3.05) is 18.1 Å². The summed E-state index contributed by atoms with van der Waals surface area (Å²) in [4.78, 5) is 0. The van der Waals surface area contributed by atoms with Crippen molar-refractivity contribution in [3.8, 4) is 0 Å². The number of sulfone groups is 1. The van der Waals surface area contributed by atoms with E-state index in [4.69, 9.17) is 5.73 Å². The quantitative estimate of drug-likeness (QED) is 0.671. The highest BCUT2D eigenvalue weighted by Crippen LogP contribution is 2.39. The molecule has 1 heterocycles. The van der Waals surface area contributed by atoms with Gasteiger partial charge in [0.2, 0.25) is 0 Å². The predicted molar refractivity (Wildman–Crippen MR) is 52.0 cm³/mol. The number of nitrogens with two attached hydrogens (primary N) is 1. The molecule has 1 saturated carbocycles. The van der Waals surface area contributed by atoms with Crippen LogP contribution in [0, 0.1) is 17.8 Å². The monoisotopic (exact) mass is 203 g/mol. The number of hydrogen-bond acceptors (Lipinski definition) is 3. The van der Waals surface area contributed by atoms with E-state index in [-0.39, 0.29) is 0 Å². The lowest BCUT2D eigenvalue weighted by atomic mass is 9.73. The van der Waals surface area contributed by atoms with E-state index in [1.807, 2.05) is 0 Å². The van der Waals surface area contributed by atoms with Crippen molar-refractivity contribution in [2.45, 2.75) is 19.3 Å². The molecule has 1 aliphatic heterocycles. The van der Waals surface area contributed by atoms with E-state index in [1.54, 1.807) is 0 Å². The first-order chi connectivity index (χ1) is 6.12. The van der Waals surface area contributed by atoms with E-state index in [1.165, 1.54) is 6.42 Å². The Balaban J connectivity index is 2.21. The summed E-state index contributed by atoms with van der Waals surface area (Å²) in [6.45, 7) is 0.671. The van der Waals surface area contributed by atoms with Crippen molar-refractivity contribution in [1.29, 1.82) is 0 Å². The molecule has 13 heavy (non-hydrogen) atoms. The summed E-state index contributed by atoms with van der Waals surface area (Å²) in [5.41, 5.74) is 5.69. The molecule has 0 aromatic heterocycles. The van der Waals surface area contributed by atoms with E-state index in [9.17, 15) is 8.42 Å². The standard InChI is InChI=1S/C9H17NO2S/c10-4-9-7-2-1-3-8(9)6-13(11,12)5-7/h7-9H,1-6,10H2. The Bertz CT molecular complexity index is 266. The topological polar surface area (TPSA) is 60.2 Å². The van der Waals surface area contributed by atoms with Gasteiger partial charge in [-0.2, -0.15) is 0 Å². The van der Waals surface area contributed by atoms with Gasteiger partial charge in [0.05, 0.1) is 11.5 Å². The van der Waals surface area contributed by atoms with Crippen LogP contribution < -0.4 is 5.73 Å². The molecule has 0 spiro atoms. The molecule has 0 radical (unpaired) electrons. The Labute approximate surface area is 79.6 Å². The van der Waals surface area contributed by atoms with Crippen LogP contribution in [0.2, 0.25) is 0 Å². The van der Waals surface area contributed by atoms with Gasteiger partial charge < -0.3 is 5.73 Å². The third kappa shape index (κ3) is 1.74. The van der Waals surface area contributed by atoms with Crippen LogP contribution in [-0.4, -0.2) is 26.5 Å². The molecule has 0 amide bonds. The van der Waals surface area contributed by atoms with Crippen molar-refractivity contribution in [1.82, 2.24) is 0 Å². The van der Waals surface area contributed by atoms with Gasteiger partial charge in [0.1, 0.15) is 0 Å². The molecule has 2 unspecified atom stereocenters. The van der Waals surface area contributed by atoms with E-state index >= 15 is 0 Å². The van der Waals surface area contributed by atoms with E-state index in [2.05, 4.69) is 0 Å². The maximum Gasteiger partial charge on any atom is 0.150 e. The molecule has 4 heteroatoms. The lowest BCUT2D eigenvalue weighted by Crippen LogP contribution is -2.45. The van der Waals surface area contributed by atoms with Crippen molar-refractivity contribution in [2.24, 2.45) is 23.5 Å². The van der Waals surface area contributed by atoms with Crippen molar-refractivity contribution < 1.29 is 8.42 Å². The van der Waals surface area contributed by atoms with Crippen LogP contribution in [0.15, 0.2) is 0 Å². The molecule has 3 nitrogen and oxygen atoms in total. The summed E-state index contributed by atoms with van der Waals surface area (Å²) in [6.07, 6.45) is 3.33. The second kappa shape index (κ2) is 3.24. The minimum atomic E-state index is -2.74. The Morgan fingerprint density at radius 3 is 2.15 bits per heavy atom. The zero-order valence-electron chi connectivity index (χ0n) is 7.78. The van der Waals surface area contributed by atoms with Gasteiger partial charge in [-0.15, -0.1) is 0 Å². The summed E-state index contributed by atoms with van der Waals surface area (Å²) in [5.74, 6) is 2.00. The second-order valence-corrected chi connectivity index (χ2v) is 6.58. The molecule has 1 saturated heterocycles. The Morgan fingerprint density at radius 2 is 1.69 bits per heavy atom. The zero-order chi connectivity index (χ0) is 9.47. The minimum Gasteiger partial charge on any atom is -0.330 e. The van der Waals surface area contributed by atoms with Gasteiger partial charge in [0.25, 0.3) is 0 Å². The normalized spacial score (nSPS) is 43.0. The third-order valence-corrected chi connectivity index (χ3v) is 5.44. The summed E-state index contributed by atoms with van der Waals surface area (Å²) in [5, 5.41) is 0. The van der Waals surface area contributed by atoms with Crippen LogP contribution in [0.5, 0.6) is 0 Å². The van der Waals surface area contributed by atoms with Crippen LogP contribution in [-0.2, 0) is 9.84 Å². The largest absolute Gasteiger partial charge is 0.330 e. The van der Waals surface area contributed by atoms with Gasteiger partial charge in [0, 0.05) is 0 Å². The van der Waals surface area contributed by atoms with Gasteiger partial charge in [-0.25, -0.2) is 8.42 Å². The summed E-state index contributed by atoms with van der Waals surface area (Å²) < 4.78 is 23.0. The van der Waals surface area contributed by atoms with Crippen LogP contribution in [0.4, 0.5) is 0 Å². The van der Waals surface area contributed by atoms with Gasteiger partial charge in [0.15, 0.2) is 9.84 Å². The summed E-state index contributed by atoms with van der Waals surface area (Å²) in [6, 6.07) is 0. The fourth-order valence-corrected chi connectivity index (χ4v) is 5.24. The SMILES string of the molecule is NCC1C2CCCC1CS(=O)(=O)C2. The highest BCUT2D eigenvalue weighted by Gasteiger charge is 2.41. The molecule has 1 aliphatic carbocycles. The van der Waals surface area contributed by atoms with E-state index in [0.29, 0.717) is 35.8 Å². The first kappa shape index (κ1) is 9.46. The molecule has 76 valence electrons. The first-order valence-electron chi connectivity index (χ1n) is 5.03. The smallest absolute Gasteiger partial charge is 0.150 e. The molecule has 2 bridgehead atoms. The lowest BCUT2D eigenvalue weighted by molar-refractivity contribution is 0.178. The van der Waals surface area contributed by atoms with Crippen molar-refractivity contribution in [3.05, 3.63) is 0 Å². The molecule has 2 fully saturated rings. The molecule has 2 aliphatic rings. The van der Waals surface area contributed by atoms with Crippen LogP contribution in [0.1, 0.15) is 19.3 Å². The van der Waals surface area contributed by atoms with Crippen LogP contribution in [0.25, 0.3) is 0 Å². The summed E-state index contributed by atoms with van der Waals surface area (Å²) in [7, 11) is -2.74. The Hall–Kier alpha value is -0.0900. The number of fused-ring (bicyclic) bond motifs is 2. The minimum absolute atomic E-state index is 0.363. The van der Waals surface area contributed by atoms with Crippen LogP contribution >= 0.6 is 0 Å². The second-order valence-electron chi connectivity index (χ2n) is 4.43. The maximum atomic E-state index is 11.5. The fourth-order valence-electron chi connectivity index (χ4n) is 2.97. The van der Waals surface area contributed by atoms with Gasteiger partial charge in [-0.05, 0) is 37.1 Å². The summed E-state index contributed by atoms with van der Waals surface area (Å²) >= 11 is 0. The molecule has 0 aromatic rings. The van der Waals surface area contributed by atoms with Gasteiger partial charge >= 0.3 is 0 Å². The van der Waals surface area contributed by atoms with Crippen LogP contribution in [0.3, 0.4) is 0 Å². The van der Waals surface area contributed by atoms with Gasteiger partial charge in [-0.1, -0.05) is 6.42 Å². The average molecular weight is 203 g/mol. The number of rotatable bonds is 1. The molecular weight excluding hydrogens is 186 g/mol. The Morgan fingerprint density at radius 1 is 1.15 bits per heavy atom. The molecule has 2 rings (SSSR count). The van der Waals surface area contributed by atoms with E-state index < -0.39 is 9.84 Å². The fraction of sp³-hybridized carbons (Fsp3) is 1.00. The molecule has 2 atom stereocenters. The predicted octanol–water partition coefficient (Wildman–Crippen LogP) is 0.406. The number of hydrogen-bond donors (Lipinski definition) is 1. The zero-order valence-corrected chi connectivity index (χ0v) is 8.59. The van der Waals surface area contributed by atoms with Crippen molar-refractivity contribution >= 4 is 9.84 Å². The van der Waals surface area contributed by atoms with Gasteiger partial charge in [-0.3, -0.25) is 0 Å². The average Bonchev–Trinajstić information content (AvgIpc) is 2.01. The molecule has 0 aromatic carbocycles. The highest BCUT2D eigenvalue weighted by atomic mass is 32.2. The van der Waals surface area contributed by atoms with E-state index in [0.717, 1.165) is 12.8 Å². The maximum absolute atomic E-state index is 11.5. The molecule has 2 N–H and O–H groups in total. The highest BCUT2D eigenvalue weighted by molar-refractivity contribution is 7.91. The first-order valence-corrected chi connectivity index (χ1v) is 6.85. The third-order valence-electron chi connectivity index (χ3n) is 3.57. The molecular formula is C9H17NO2S. The lowest BCUT2D eigenvalue weighted by Gasteiger charge is -2.41. The van der Waals surface area contributed by atoms with Crippen molar-refractivity contribution in [3.63, 3.8) is 0 Å². The Kier molecular flexibility index (Phi) is 2.36.